The summed E-state index contributed by atoms with van der Waals surface area (Å²) in [5.41, 5.74) is 4.90. The van der Waals surface area contributed by atoms with Gasteiger partial charge in [0.1, 0.15) is 5.82 Å². The van der Waals surface area contributed by atoms with Crippen molar-refractivity contribution in [3.63, 3.8) is 0 Å². The van der Waals surface area contributed by atoms with Gasteiger partial charge in [0.2, 0.25) is 0 Å². The van der Waals surface area contributed by atoms with Crippen LogP contribution >= 0.6 is 11.6 Å². The third-order valence-electron chi connectivity index (χ3n) is 1.84. The van der Waals surface area contributed by atoms with Gasteiger partial charge in [-0.15, -0.1) is 0 Å². The molecule has 86 valence electrons. The van der Waals surface area contributed by atoms with E-state index in [1.165, 1.54) is 13.0 Å². The molecule has 6 heteroatoms. The van der Waals surface area contributed by atoms with Crippen LogP contribution in [0.15, 0.2) is 18.2 Å². The summed E-state index contributed by atoms with van der Waals surface area (Å²) in [6.45, 7) is 1.33. The maximum atomic E-state index is 12.7. The molecule has 0 fully saturated rings. The molecule has 4 nitrogen and oxygen atoms in total. The molecule has 0 radical (unpaired) electrons. The first-order valence-corrected chi connectivity index (χ1v) is 4.75. The zero-order chi connectivity index (χ0) is 12.3. The molecule has 0 heterocycles. The molecule has 0 saturated carbocycles. The van der Waals surface area contributed by atoms with Gasteiger partial charge in [0.05, 0.1) is 10.6 Å². The average Bonchev–Trinajstić information content (AvgIpc) is 2.16. The van der Waals surface area contributed by atoms with Gasteiger partial charge in [-0.05, 0) is 25.1 Å². The Morgan fingerprint density at radius 3 is 2.62 bits per heavy atom. The molecular formula is C10H9ClFNO3. The van der Waals surface area contributed by atoms with Crippen LogP contribution in [-0.2, 0) is 9.53 Å². The highest BCUT2D eigenvalue weighted by Crippen LogP contribution is 2.18. The predicted octanol–water partition coefficient (Wildman–Crippen LogP) is 1.51. The van der Waals surface area contributed by atoms with E-state index in [2.05, 4.69) is 0 Å². The fraction of sp³-hybridized carbons (Fsp3) is 0.200. The minimum Gasteiger partial charge on any atom is -0.449 e. The average molecular weight is 246 g/mol. The Kier molecular flexibility index (Phi) is 3.84. The lowest BCUT2D eigenvalue weighted by Gasteiger charge is -2.10. The van der Waals surface area contributed by atoms with Crippen molar-refractivity contribution in [2.45, 2.75) is 13.0 Å². The van der Waals surface area contributed by atoms with Crippen molar-refractivity contribution in [2.24, 2.45) is 5.73 Å². The van der Waals surface area contributed by atoms with E-state index < -0.39 is 23.8 Å². The summed E-state index contributed by atoms with van der Waals surface area (Å²) in [5, 5.41) is -0.0818. The van der Waals surface area contributed by atoms with Crippen LogP contribution in [0.3, 0.4) is 0 Å². The smallest absolute Gasteiger partial charge is 0.340 e. The molecule has 0 aliphatic carbocycles. The van der Waals surface area contributed by atoms with Crippen molar-refractivity contribution in [2.75, 3.05) is 0 Å². The number of ether oxygens (including phenoxy) is 1. The van der Waals surface area contributed by atoms with E-state index >= 15 is 0 Å². The molecule has 1 aromatic rings. The number of carbonyl (C=O) groups excluding carboxylic acids is 2. The third kappa shape index (κ3) is 2.93. The summed E-state index contributed by atoms with van der Waals surface area (Å²) in [7, 11) is 0. The Labute approximate surface area is 96.1 Å². The molecule has 1 aromatic carbocycles. The van der Waals surface area contributed by atoms with Crippen LogP contribution in [0.4, 0.5) is 4.39 Å². The van der Waals surface area contributed by atoms with Crippen LogP contribution in [0.1, 0.15) is 17.3 Å². The number of amides is 1. The normalized spacial score (nSPS) is 11.9. The van der Waals surface area contributed by atoms with Crippen LogP contribution in [0, 0.1) is 5.82 Å². The first kappa shape index (κ1) is 12.4. The van der Waals surface area contributed by atoms with Crippen molar-refractivity contribution in [3.8, 4) is 0 Å². The standard InChI is InChI=1S/C10H9ClFNO3/c1-5(9(13)14)16-10(15)7-3-2-6(12)4-8(7)11/h2-5H,1H3,(H2,13,14)/t5-/m1/s1. The van der Waals surface area contributed by atoms with Crippen LogP contribution in [0.2, 0.25) is 5.02 Å². The molecule has 2 N–H and O–H groups in total. The maximum Gasteiger partial charge on any atom is 0.340 e. The van der Waals surface area contributed by atoms with Gasteiger partial charge < -0.3 is 10.5 Å². The number of hydrogen-bond acceptors (Lipinski definition) is 3. The molecule has 1 amide bonds. The van der Waals surface area contributed by atoms with Crippen molar-refractivity contribution in [1.29, 1.82) is 0 Å². The van der Waals surface area contributed by atoms with Crippen molar-refractivity contribution in [3.05, 3.63) is 34.6 Å². The van der Waals surface area contributed by atoms with E-state index in [-0.39, 0.29) is 10.6 Å². The van der Waals surface area contributed by atoms with Gasteiger partial charge >= 0.3 is 5.97 Å². The number of primary amides is 1. The van der Waals surface area contributed by atoms with Gasteiger partial charge in [-0.3, -0.25) is 4.79 Å². The molecule has 1 rings (SSSR count). The molecule has 0 spiro atoms. The highest BCUT2D eigenvalue weighted by molar-refractivity contribution is 6.33. The summed E-state index contributed by atoms with van der Waals surface area (Å²) in [6, 6.07) is 3.22. The number of rotatable bonds is 3. The summed E-state index contributed by atoms with van der Waals surface area (Å²) in [5.74, 6) is -2.16. The highest BCUT2D eigenvalue weighted by atomic mass is 35.5. The van der Waals surface area contributed by atoms with Crippen molar-refractivity contribution < 1.29 is 18.7 Å². The van der Waals surface area contributed by atoms with Gasteiger partial charge in [-0.2, -0.15) is 0 Å². The van der Waals surface area contributed by atoms with E-state index in [4.69, 9.17) is 22.1 Å². The zero-order valence-corrected chi connectivity index (χ0v) is 9.12. The Bertz CT molecular complexity index is 436. The molecule has 0 aliphatic heterocycles. The molecule has 0 bridgehead atoms. The van der Waals surface area contributed by atoms with Crippen LogP contribution < -0.4 is 5.73 Å². The van der Waals surface area contributed by atoms with E-state index in [1.54, 1.807) is 0 Å². The first-order valence-electron chi connectivity index (χ1n) is 4.37. The number of benzene rings is 1. The van der Waals surface area contributed by atoms with Gasteiger partial charge in [-0.1, -0.05) is 11.6 Å². The Morgan fingerprint density at radius 1 is 1.50 bits per heavy atom. The summed E-state index contributed by atoms with van der Waals surface area (Å²) in [6.07, 6.45) is -1.06. The van der Waals surface area contributed by atoms with Gasteiger partial charge in [0.15, 0.2) is 6.10 Å². The second-order valence-corrected chi connectivity index (χ2v) is 3.48. The quantitative estimate of drug-likeness (QED) is 0.821. The van der Waals surface area contributed by atoms with E-state index in [1.807, 2.05) is 0 Å². The minimum atomic E-state index is -1.06. The Morgan fingerprint density at radius 2 is 2.12 bits per heavy atom. The number of esters is 1. The number of halogens is 2. The fourth-order valence-electron chi connectivity index (χ4n) is 0.937. The lowest BCUT2D eigenvalue weighted by Crippen LogP contribution is -2.30. The van der Waals surface area contributed by atoms with Crippen LogP contribution in [0.5, 0.6) is 0 Å². The topological polar surface area (TPSA) is 69.4 Å². The van der Waals surface area contributed by atoms with Crippen molar-refractivity contribution in [1.82, 2.24) is 0 Å². The van der Waals surface area contributed by atoms with E-state index in [0.717, 1.165) is 12.1 Å². The third-order valence-corrected chi connectivity index (χ3v) is 2.15. The molecular weight excluding hydrogens is 237 g/mol. The zero-order valence-electron chi connectivity index (χ0n) is 8.37. The molecule has 0 unspecified atom stereocenters. The monoisotopic (exact) mass is 245 g/mol. The van der Waals surface area contributed by atoms with Gasteiger partial charge in [0.25, 0.3) is 5.91 Å². The van der Waals surface area contributed by atoms with E-state index in [9.17, 15) is 14.0 Å². The lowest BCUT2D eigenvalue weighted by molar-refractivity contribution is -0.125. The summed E-state index contributed by atoms with van der Waals surface area (Å²) in [4.78, 5) is 22.1. The summed E-state index contributed by atoms with van der Waals surface area (Å²) < 4.78 is 17.4. The van der Waals surface area contributed by atoms with E-state index in [0.29, 0.717) is 0 Å². The first-order chi connectivity index (χ1) is 7.41. The molecule has 16 heavy (non-hydrogen) atoms. The summed E-state index contributed by atoms with van der Waals surface area (Å²) >= 11 is 5.63. The fourth-order valence-corrected chi connectivity index (χ4v) is 1.18. The maximum absolute atomic E-state index is 12.7. The number of nitrogens with two attached hydrogens (primary N) is 1. The SMILES string of the molecule is C[C@@H](OC(=O)c1ccc(F)cc1Cl)C(N)=O. The Balaban J connectivity index is 2.85. The number of hydrogen-bond donors (Lipinski definition) is 1. The molecule has 0 aromatic heterocycles. The molecule has 0 saturated heterocycles. The second kappa shape index (κ2) is 4.94. The van der Waals surface area contributed by atoms with Gasteiger partial charge in [0, 0.05) is 0 Å². The molecule has 0 aliphatic rings. The molecule has 1 atom stereocenters. The second-order valence-electron chi connectivity index (χ2n) is 3.07. The minimum absolute atomic E-state index is 0.0174. The largest absolute Gasteiger partial charge is 0.449 e. The lowest BCUT2D eigenvalue weighted by atomic mass is 10.2. The number of carbonyl (C=O) groups is 2. The van der Waals surface area contributed by atoms with Crippen LogP contribution in [-0.4, -0.2) is 18.0 Å². The highest BCUT2D eigenvalue weighted by Gasteiger charge is 2.18. The van der Waals surface area contributed by atoms with Gasteiger partial charge in [-0.25, -0.2) is 9.18 Å². The Hall–Kier alpha value is -1.62. The van der Waals surface area contributed by atoms with Crippen LogP contribution in [0.25, 0.3) is 0 Å². The predicted molar refractivity (Wildman–Crippen MR) is 55.5 cm³/mol. The van der Waals surface area contributed by atoms with Crippen molar-refractivity contribution >= 4 is 23.5 Å².